The monoisotopic (exact) mass is 235 g/mol. The van der Waals surface area contributed by atoms with Crippen molar-refractivity contribution < 1.29 is 14.7 Å². The zero-order chi connectivity index (χ0) is 12.4. The molecule has 1 unspecified atom stereocenters. The van der Waals surface area contributed by atoms with E-state index in [1.807, 2.05) is 30.1 Å². The second-order valence-corrected chi connectivity index (χ2v) is 3.89. The number of benzene rings is 1. The third-order valence-corrected chi connectivity index (χ3v) is 2.64. The Labute approximate surface area is 98.2 Å². The van der Waals surface area contributed by atoms with Crippen molar-refractivity contribution in [1.29, 1.82) is 0 Å². The van der Waals surface area contributed by atoms with E-state index >= 15 is 0 Å². The molecule has 2 amide bonds. The van der Waals surface area contributed by atoms with Gasteiger partial charge in [0.2, 0.25) is 5.91 Å². The topological polar surface area (TPSA) is 81.7 Å². The summed E-state index contributed by atoms with van der Waals surface area (Å²) in [6.45, 7) is 0.301. The van der Waals surface area contributed by atoms with Gasteiger partial charge in [-0.05, 0) is 12.1 Å². The van der Waals surface area contributed by atoms with Crippen LogP contribution in [-0.2, 0) is 4.79 Å². The van der Waals surface area contributed by atoms with E-state index in [-0.39, 0.29) is 5.91 Å². The predicted octanol–water partition coefficient (Wildman–Crippen LogP) is 0.711. The van der Waals surface area contributed by atoms with E-state index in [0.29, 0.717) is 12.2 Å². The standard InChI is InChI=1S/C11H13N3O3/c1-14-6-8(13-11(16)17)10(15)12-7-4-2-3-5-9(7)14/h2-5,8,13H,6H2,1H3,(H,12,15)(H,16,17). The van der Waals surface area contributed by atoms with Crippen LogP contribution in [0.4, 0.5) is 16.2 Å². The fraction of sp³-hybridized carbons (Fsp3) is 0.273. The lowest BCUT2D eigenvalue weighted by atomic mass is 10.2. The van der Waals surface area contributed by atoms with Crippen LogP contribution >= 0.6 is 0 Å². The van der Waals surface area contributed by atoms with Crippen LogP contribution in [0.5, 0.6) is 0 Å². The first-order valence-corrected chi connectivity index (χ1v) is 5.18. The Morgan fingerprint density at radius 2 is 2.24 bits per heavy atom. The molecular weight excluding hydrogens is 222 g/mol. The summed E-state index contributed by atoms with van der Waals surface area (Å²) in [5, 5.41) is 13.6. The van der Waals surface area contributed by atoms with E-state index in [0.717, 1.165) is 5.69 Å². The normalized spacial score (nSPS) is 19.0. The summed E-state index contributed by atoms with van der Waals surface area (Å²) in [4.78, 5) is 24.2. The van der Waals surface area contributed by atoms with E-state index in [4.69, 9.17) is 5.11 Å². The Morgan fingerprint density at radius 1 is 1.53 bits per heavy atom. The number of likely N-dealkylation sites (N-methyl/N-ethyl adjacent to an activating group) is 1. The fourth-order valence-electron chi connectivity index (χ4n) is 1.85. The van der Waals surface area contributed by atoms with Gasteiger partial charge in [-0.15, -0.1) is 0 Å². The molecule has 1 aliphatic heterocycles. The van der Waals surface area contributed by atoms with Crippen molar-refractivity contribution in [3.8, 4) is 0 Å². The number of nitrogens with one attached hydrogen (secondary N) is 2. The number of hydrogen-bond acceptors (Lipinski definition) is 3. The SMILES string of the molecule is CN1CC(NC(=O)O)C(=O)Nc2ccccc21. The molecule has 17 heavy (non-hydrogen) atoms. The summed E-state index contributed by atoms with van der Waals surface area (Å²) in [7, 11) is 1.82. The molecule has 6 heteroatoms. The molecule has 2 rings (SSSR count). The third kappa shape index (κ3) is 2.30. The molecule has 0 saturated carbocycles. The van der Waals surface area contributed by atoms with Crippen LogP contribution in [0.15, 0.2) is 24.3 Å². The van der Waals surface area contributed by atoms with Crippen molar-refractivity contribution in [2.45, 2.75) is 6.04 Å². The van der Waals surface area contributed by atoms with E-state index < -0.39 is 12.1 Å². The van der Waals surface area contributed by atoms with Gasteiger partial charge in [0.25, 0.3) is 0 Å². The summed E-state index contributed by atoms with van der Waals surface area (Å²) < 4.78 is 0. The highest BCUT2D eigenvalue weighted by Gasteiger charge is 2.27. The fourth-order valence-corrected chi connectivity index (χ4v) is 1.85. The van der Waals surface area contributed by atoms with Gasteiger partial charge in [0, 0.05) is 13.6 Å². The Bertz CT molecular complexity index is 461. The molecule has 6 nitrogen and oxygen atoms in total. The van der Waals surface area contributed by atoms with Crippen molar-refractivity contribution in [3.63, 3.8) is 0 Å². The Hall–Kier alpha value is -2.24. The average Bonchev–Trinajstić information content (AvgIpc) is 2.38. The third-order valence-electron chi connectivity index (χ3n) is 2.64. The Morgan fingerprint density at radius 3 is 2.94 bits per heavy atom. The van der Waals surface area contributed by atoms with Gasteiger partial charge in [-0.25, -0.2) is 4.79 Å². The Kier molecular flexibility index (Phi) is 2.86. The average molecular weight is 235 g/mol. The number of rotatable bonds is 1. The zero-order valence-electron chi connectivity index (χ0n) is 9.30. The number of amides is 2. The molecule has 0 aliphatic carbocycles. The largest absolute Gasteiger partial charge is 0.465 e. The lowest BCUT2D eigenvalue weighted by Gasteiger charge is -2.21. The Balaban J connectivity index is 2.28. The van der Waals surface area contributed by atoms with Gasteiger partial charge in [-0.2, -0.15) is 0 Å². The van der Waals surface area contributed by atoms with Gasteiger partial charge in [-0.3, -0.25) is 4.79 Å². The molecule has 1 aliphatic rings. The summed E-state index contributed by atoms with van der Waals surface area (Å²) in [6.07, 6.45) is -1.20. The first-order chi connectivity index (χ1) is 8.08. The molecule has 1 aromatic carbocycles. The highest BCUT2D eigenvalue weighted by Crippen LogP contribution is 2.26. The van der Waals surface area contributed by atoms with E-state index in [2.05, 4.69) is 10.6 Å². The van der Waals surface area contributed by atoms with Crippen LogP contribution in [0.3, 0.4) is 0 Å². The lowest BCUT2D eigenvalue weighted by molar-refractivity contribution is -0.117. The first-order valence-electron chi connectivity index (χ1n) is 5.18. The molecule has 0 aromatic heterocycles. The number of hydrogen-bond donors (Lipinski definition) is 3. The van der Waals surface area contributed by atoms with Gasteiger partial charge < -0.3 is 20.6 Å². The second-order valence-electron chi connectivity index (χ2n) is 3.89. The van der Waals surface area contributed by atoms with Crippen molar-refractivity contribution in [3.05, 3.63) is 24.3 Å². The summed E-state index contributed by atoms with van der Waals surface area (Å²) in [6, 6.07) is 6.57. The predicted molar refractivity (Wildman–Crippen MR) is 63.3 cm³/mol. The lowest BCUT2D eigenvalue weighted by Crippen LogP contribution is -2.48. The van der Waals surface area contributed by atoms with Gasteiger partial charge in [0.05, 0.1) is 11.4 Å². The number of carbonyl (C=O) groups is 2. The van der Waals surface area contributed by atoms with E-state index in [1.54, 1.807) is 6.07 Å². The van der Waals surface area contributed by atoms with Crippen LogP contribution in [0.2, 0.25) is 0 Å². The molecule has 0 saturated heterocycles. The highest BCUT2D eigenvalue weighted by atomic mass is 16.4. The number of nitrogens with zero attached hydrogens (tertiary/aromatic N) is 1. The molecule has 1 aromatic rings. The minimum Gasteiger partial charge on any atom is -0.465 e. The van der Waals surface area contributed by atoms with Gasteiger partial charge in [-0.1, -0.05) is 12.1 Å². The molecule has 1 heterocycles. The molecule has 0 spiro atoms. The maximum Gasteiger partial charge on any atom is 0.405 e. The number of carbonyl (C=O) groups excluding carboxylic acids is 1. The molecule has 90 valence electrons. The second kappa shape index (κ2) is 4.32. The summed E-state index contributed by atoms with van der Waals surface area (Å²) >= 11 is 0. The summed E-state index contributed by atoms with van der Waals surface area (Å²) in [5.74, 6) is -0.343. The smallest absolute Gasteiger partial charge is 0.405 e. The van der Waals surface area contributed by atoms with Gasteiger partial charge in [0.15, 0.2) is 0 Å². The quantitative estimate of drug-likeness (QED) is 0.669. The van der Waals surface area contributed by atoms with Crippen LogP contribution in [-0.4, -0.2) is 36.7 Å². The molecule has 0 radical (unpaired) electrons. The van der Waals surface area contributed by atoms with E-state index in [1.165, 1.54) is 0 Å². The minimum atomic E-state index is -1.20. The minimum absolute atomic E-state index is 0.301. The molecule has 0 bridgehead atoms. The number of fused-ring (bicyclic) bond motifs is 1. The van der Waals surface area contributed by atoms with Gasteiger partial charge in [0.1, 0.15) is 6.04 Å². The first kappa shape index (κ1) is 11.3. The zero-order valence-corrected chi connectivity index (χ0v) is 9.30. The van der Waals surface area contributed by atoms with Crippen molar-refractivity contribution >= 4 is 23.4 Å². The number of anilines is 2. The molecular formula is C11H13N3O3. The van der Waals surface area contributed by atoms with Crippen molar-refractivity contribution in [2.24, 2.45) is 0 Å². The van der Waals surface area contributed by atoms with Crippen LogP contribution in [0.1, 0.15) is 0 Å². The van der Waals surface area contributed by atoms with Crippen molar-refractivity contribution in [1.82, 2.24) is 5.32 Å². The van der Waals surface area contributed by atoms with Crippen LogP contribution in [0.25, 0.3) is 0 Å². The summed E-state index contributed by atoms with van der Waals surface area (Å²) in [5.41, 5.74) is 1.56. The maximum absolute atomic E-state index is 11.8. The highest BCUT2D eigenvalue weighted by molar-refractivity contribution is 6.00. The number of para-hydroxylation sites is 2. The van der Waals surface area contributed by atoms with Crippen molar-refractivity contribution in [2.75, 3.05) is 23.8 Å². The molecule has 0 fully saturated rings. The van der Waals surface area contributed by atoms with Crippen LogP contribution < -0.4 is 15.5 Å². The number of carboxylic acid groups (broad SMARTS) is 1. The van der Waals surface area contributed by atoms with Crippen LogP contribution in [0, 0.1) is 0 Å². The molecule has 3 N–H and O–H groups in total. The van der Waals surface area contributed by atoms with E-state index in [9.17, 15) is 9.59 Å². The molecule has 1 atom stereocenters. The maximum atomic E-state index is 11.8. The van der Waals surface area contributed by atoms with Gasteiger partial charge >= 0.3 is 6.09 Å².